The molecule has 1 N–H and O–H groups in total. The van der Waals surface area contributed by atoms with Gasteiger partial charge in [0, 0.05) is 47.1 Å². The van der Waals surface area contributed by atoms with Gasteiger partial charge in [0.15, 0.2) is 5.75 Å². The van der Waals surface area contributed by atoms with Crippen LogP contribution in [0, 0.1) is 11.3 Å². The molecule has 0 aliphatic heterocycles. The van der Waals surface area contributed by atoms with E-state index in [4.69, 9.17) is 9.47 Å². The van der Waals surface area contributed by atoms with E-state index < -0.39 is 10.8 Å². The molecule has 3 rings (SSSR count). The van der Waals surface area contributed by atoms with Gasteiger partial charge >= 0.3 is 0 Å². The van der Waals surface area contributed by atoms with Crippen LogP contribution in [0.5, 0.6) is 5.75 Å². The molecule has 2 aromatic heterocycles. The fourth-order valence-corrected chi connectivity index (χ4v) is 3.74. The van der Waals surface area contributed by atoms with Crippen molar-refractivity contribution in [3.8, 4) is 11.8 Å². The van der Waals surface area contributed by atoms with Crippen LogP contribution in [0.2, 0.25) is 0 Å². The Morgan fingerprint density at radius 1 is 1.27 bits per heavy atom. The molecule has 156 valence electrons. The third-order valence-corrected chi connectivity index (χ3v) is 5.32. The summed E-state index contributed by atoms with van der Waals surface area (Å²) < 4.78 is 22.9. The Morgan fingerprint density at radius 2 is 2.10 bits per heavy atom. The zero-order valence-electron chi connectivity index (χ0n) is 17.1. The van der Waals surface area contributed by atoms with Crippen molar-refractivity contribution in [1.29, 1.82) is 5.26 Å². The average molecular weight is 426 g/mol. The number of methoxy groups -OCH3 is 1. The highest BCUT2D eigenvalue weighted by Crippen LogP contribution is 2.30. The second-order valence-corrected chi connectivity index (χ2v) is 8.37. The Morgan fingerprint density at radius 3 is 2.83 bits per heavy atom. The molecule has 1 aromatic carbocycles. The molecule has 0 aliphatic rings. The summed E-state index contributed by atoms with van der Waals surface area (Å²) in [5.74, 6) is 1.61. The fourth-order valence-electron chi connectivity index (χ4n) is 2.75. The minimum atomic E-state index is -1.05. The van der Waals surface area contributed by atoms with Gasteiger partial charge in [0.1, 0.15) is 11.6 Å². The predicted molar refractivity (Wildman–Crippen MR) is 116 cm³/mol. The average Bonchev–Trinajstić information content (AvgIpc) is 2.72. The summed E-state index contributed by atoms with van der Waals surface area (Å²) in [6.45, 7) is 4.24. The van der Waals surface area contributed by atoms with Gasteiger partial charge in [-0.05, 0) is 38.1 Å². The summed E-state index contributed by atoms with van der Waals surface area (Å²) in [7, 11) is 0.533. The summed E-state index contributed by atoms with van der Waals surface area (Å²) in [6.07, 6.45) is 3.23. The molecule has 3 aromatic rings. The molecular formula is C21H23N5O3S. The standard InChI is InChI=1S/C21H23N5O3S/c1-14(2)29-20-15(11-22)4-5-16-12-24-21(26-19(16)20)25-17-6-7-23-18(10-17)13-30(27)9-8-28-3/h4-7,10,12,14H,8-9,13H2,1-3H3,(H,23,24,25,26). The highest BCUT2D eigenvalue weighted by Gasteiger charge is 2.14. The van der Waals surface area contributed by atoms with E-state index >= 15 is 0 Å². The quantitative estimate of drug-likeness (QED) is 0.556. The lowest BCUT2D eigenvalue weighted by atomic mass is 10.1. The van der Waals surface area contributed by atoms with Crippen LogP contribution in [0.15, 0.2) is 36.7 Å². The Hall–Kier alpha value is -3.09. The molecule has 1 atom stereocenters. The zero-order chi connectivity index (χ0) is 21.5. The highest BCUT2D eigenvalue weighted by molar-refractivity contribution is 7.84. The van der Waals surface area contributed by atoms with E-state index in [1.807, 2.05) is 19.9 Å². The number of nitrogens with zero attached hydrogens (tertiary/aromatic N) is 4. The van der Waals surface area contributed by atoms with Crippen LogP contribution in [0.25, 0.3) is 10.9 Å². The first-order valence-corrected chi connectivity index (χ1v) is 10.9. The highest BCUT2D eigenvalue weighted by atomic mass is 32.2. The second kappa shape index (κ2) is 10.1. The van der Waals surface area contributed by atoms with Gasteiger partial charge in [0.05, 0.1) is 29.7 Å². The lowest BCUT2D eigenvalue weighted by Gasteiger charge is -2.14. The monoisotopic (exact) mass is 425 g/mol. The van der Waals surface area contributed by atoms with Crippen molar-refractivity contribution in [2.75, 3.05) is 24.8 Å². The first-order valence-electron chi connectivity index (χ1n) is 9.42. The van der Waals surface area contributed by atoms with Gasteiger partial charge in [-0.25, -0.2) is 9.97 Å². The van der Waals surface area contributed by atoms with Crippen molar-refractivity contribution in [1.82, 2.24) is 15.0 Å². The normalized spacial score (nSPS) is 12.0. The number of fused-ring (bicyclic) bond motifs is 1. The summed E-state index contributed by atoms with van der Waals surface area (Å²) in [6, 6.07) is 9.25. The lowest BCUT2D eigenvalue weighted by Crippen LogP contribution is -2.09. The molecule has 0 bridgehead atoms. The van der Waals surface area contributed by atoms with E-state index in [-0.39, 0.29) is 6.10 Å². The van der Waals surface area contributed by atoms with Crippen molar-refractivity contribution in [2.45, 2.75) is 25.7 Å². The molecule has 2 heterocycles. The summed E-state index contributed by atoms with van der Waals surface area (Å²) in [5, 5.41) is 13.3. The third kappa shape index (κ3) is 5.49. The number of pyridine rings is 1. The van der Waals surface area contributed by atoms with Crippen LogP contribution in [-0.4, -0.2) is 44.7 Å². The van der Waals surface area contributed by atoms with Crippen molar-refractivity contribution >= 4 is 33.3 Å². The molecular weight excluding hydrogens is 402 g/mol. The number of anilines is 2. The number of aromatic nitrogens is 3. The van der Waals surface area contributed by atoms with Gasteiger partial charge in [-0.3, -0.25) is 9.19 Å². The molecule has 0 amide bonds. The van der Waals surface area contributed by atoms with Crippen LogP contribution in [-0.2, 0) is 21.3 Å². The molecule has 0 aliphatic carbocycles. The van der Waals surface area contributed by atoms with Gasteiger partial charge in [0.2, 0.25) is 5.95 Å². The van der Waals surface area contributed by atoms with E-state index in [1.54, 1.807) is 37.7 Å². The first kappa shape index (κ1) is 21.6. The van der Waals surface area contributed by atoms with Gasteiger partial charge < -0.3 is 14.8 Å². The Bertz CT molecular complexity index is 1100. The number of ether oxygens (including phenoxy) is 2. The first-order chi connectivity index (χ1) is 14.5. The number of hydrogen-bond donors (Lipinski definition) is 1. The Labute approximate surface area is 177 Å². The van der Waals surface area contributed by atoms with E-state index in [1.165, 1.54) is 0 Å². The van der Waals surface area contributed by atoms with Crippen molar-refractivity contribution in [3.05, 3.63) is 47.9 Å². The van der Waals surface area contributed by atoms with E-state index in [0.717, 1.165) is 11.1 Å². The molecule has 1 unspecified atom stereocenters. The minimum absolute atomic E-state index is 0.101. The number of hydrogen-bond acceptors (Lipinski definition) is 8. The molecule has 0 saturated heterocycles. The maximum Gasteiger partial charge on any atom is 0.227 e. The van der Waals surface area contributed by atoms with E-state index in [9.17, 15) is 9.47 Å². The second-order valence-electron chi connectivity index (χ2n) is 6.79. The van der Waals surface area contributed by atoms with Gasteiger partial charge in [-0.2, -0.15) is 5.26 Å². The van der Waals surface area contributed by atoms with Crippen molar-refractivity contribution < 1.29 is 13.7 Å². The zero-order valence-corrected chi connectivity index (χ0v) is 17.9. The number of benzene rings is 1. The van der Waals surface area contributed by atoms with E-state index in [2.05, 4.69) is 26.3 Å². The van der Waals surface area contributed by atoms with Gasteiger partial charge in [0.25, 0.3) is 0 Å². The molecule has 30 heavy (non-hydrogen) atoms. The SMILES string of the molecule is COCCS(=O)Cc1cc(Nc2ncc3ccc(C#N)c(OC(C)C)c3n2)ccn1. The molecule has 8 nitrogen and oxygen atoms in total. The Balaban J connectivity index is 1.86. The molecule has 0 radical (unpaired) electrons. The smallest absolute Gasteiger partial charge is 0.227 e. The summed E-state index contributed by atoms with van der Waals surface area (Å²) in [4.78, 5) is 13.2. The van der Waals surface area contributed by atoms with Crippen LogP contribution in [0.4, 0.5) is 11.6 Å². The van der Waals surface area contributed by atoms with Gasteiger partial charge in [-0.15, -0.1) is 0 Å². The maximum absolute atomic E-state index is 12.1. The predicted octanol–water partition coefficient (Wildman–Crippen LogP) is 3.32. The van der Waals surface area contributed by atoms with Crippen LogP contribution >= 0.6 is 0 Å². The molecule has 0 spiro atoms. The Kier molecular flexibility index (Phi) is 7.27. The van der Waals surface area contributed by atoms with Crippen LogP contribution in [0.1, 0.15) is 25.1 Å². The number of nitrogens with one attached hydrogen (secondary N) is 1. The number of rotatable bonds is 9. The maximum atomic E-state index is 12.1. The number of nitriles is 1. The third-order valence-electron chi connectivity index (χ3n) is 4.08. The minimum Gasteiger partial charge on any atom is -0.487 e. The topological polar surface area (TPSA) is 110 Å². The van der Waals surface area contributed by atoms with Crippen LogP contribution in [0.3, 0.4) is 0 Å². The van der Waals surface area contributed by atoms with Crippen LogP contribution < -0.4 is 10.1 Å². The molecule has 0 fully saturated rings. The fraction of sp³-hybridized carbons (Fsp3) is 0.333. The molecule has 9 heteroatoms. The van der Waals surface area contributed by atoms with E-state index in [0.29, 0.717) is 46.6 Å². The van der Waals surface area contributed by atoms with Crippen molar-refractivity contribution in [3.63, 3.8) is 0 Å². The lowest BCUT2D eigenvalue weighted by molar-refractivity contribution is 0.218. The van der Waals surface area contributed by atoms with Gasteiger partial charge in [-0.1, -0.05) is 0 Å². The summed E-state index contributed by atoms with van der Waals surface area (Å²) in [5.41, 5.74) is 2.41. The van der Waals surface area contributed by atoms with Crippen molar-refractivity contribution in [2.24, 2.45) is 0 Å². The largest absolute Gasteiger partial charge is 0.487 e. The summed E-state index contributed by atoms with van der Waals surface area (Å²) >= 11 is 0. The molecule has 0 saturated carbocycles.